The number of alkyl carbamates (subject to hydrolysis) is 1. The third-order valence-corrected chi connectivity index (χ3v) is 6.79. The molecule has 1 fully saturated rings. The summed E-state index contributed by atoms with van der Waals surface area (Å²) in [5.74, 6) is -1.39. The summed E-state index contributed by atoms with van der Waals surface area (Å²) in [5.41, 5.74) is 3.46. The number of amides is 2. The predicted molar refractivity (Wildman–Crippen MR) is 125 cm³/mol. The number of hydrogen-bond acceptors (Lipinski definition) is 5. The van der Waals surface area contributed by atoms with Gasteiger partial charge < -0.3 is 24.8 Å². The summed E-state index contributed by atoms with van der Waals surface area (Å²) >= 11 is 0. The molecule has 8 heteroatoms. The number of nitrogens with one attached hydrogen (secondary N) is 1. The molecule has 0 radical (unpaired) electrons. The lowest BCUT2D eigenvalue weighted by Crippen LogP contribution is -2.56. The van der Waals surface area contributed by atoms with Crippen LogP contribution in [0, 0.1) is 5.41 Å². The first kappa shape index (κ1) is 23.8. The molecule has 180 valence electrons. The smallest absolute Gasteiger partial charge is 0.407 e. The number of piperidine rings is 1. The quantitative estimate of drug-likeness (QED) is 0.649. The predicted octanol–water partition coefficient (Wildman–Crippen LogP) is 3.25. The fourth-order valence-corrected chi connectivity index (χ4v) is 4.95. The van der Waals surface area contributed by atoms with Crippen molar-refractivity contribution in [3.8, 4) is 11.1 Å². The number of carboxylic acids is 1. The van der Waals surface area contributed by atoms with E-state index in [1.807, 2.05) is 36.4 Å². The van der Waals surface area contributed by atoms with Crippen molar-refractivity contribution >= 4 is 18.0 Å². The standard InChI is InChI=1S/C26H30N2O6/c1-26(24(30)31)12-7-13-28(16-26)23(29)22(15-33-2)27-25(32)34-14-21-19-10-5-3-8-17(19)18-9-4-6-11-20(18)21/h3-6,8-11,21-22H,7,12-16H2,1-2H3,(H,27,32)(H,30,31)/t22-,26?/m0/s1. The minimum atomic E-state index is -1.00. The highest BCUT2D eigenvalue weighted by atomic mass is 16.5. The number of methoxy groups -OCH3 is 1. The van der Waals surface area contributed by atoms with Crippen LogP contribution in [0.4, 0.5) is 4.79 Å². The Morgan fingerprint density at radius 3 is 2.32 bits per heavy atom. The second-order valence-corrected chi connectivity index (χ2v) is 9.21. The first-order valence-corrected chi connectivity index (χ1v) is 11.5. The van der Waals surface area contributed by atoms with E-state index < -0.39 is 23.5 Å². The molecule has 0 aromatic heterocycles. The Labute approximate surface area is 198 Å². The topological polar surface area (TPSA) is 105 Å². The van der Waals surface area contributed by atoms with Gasteiger partial charge in [0.1, 0.15) is 12.6 Å². The Balaban J connectivity index is 1.41. The molecule has 1 unspecified atom stereocenters. The molecule has 0 saturated carbocycles. The number of ether oxygens (including phenoxy) is 2. The minimum Gasteiger partial charge on any atom is -0.481 e. The maximum atomic E-state index is 13.1. The van der Waals surface area contributed by atoms with Crippen molar-refractivity contribution in [1.29, 1.82) is 0 Å². The summed E-state index contributed by atoms with van der Waals surface area (Å²) in [4.78, 5) is 38.9. The lowest BCUT2D eigenvalue weighted by molar-refractivity contribution is -0.154. The lowest BCUT2D eigenvalue weighted by Gasteiger charge is -2.38. The van der Waals surface area contributed by atoms with Gasteiger partial charge in [0.05, 0.1) is 12.0 Å². The molecule has 8 nitrogen and oxygen atoms in total. The number of carbonyl (C=O) groups excluding carboxylic acids is 2. The van der Waals surface area contributed by atoms with Gasteiger partial charge in [-0.05, 0) is 42.0 Å². The highest BCUT2D eigenvalue weighted by molar-refractivity contribution is 5.87. The van der Waals surface area contributed by atoms with Crippen molar-refractivity contribution in [3.05, 3.63) is 59.7 Å². The van der Waals surface area contributed by atoms with Gasteiger partial charge in [0.15, 0.2) is 0 Å². The van der Waals surface area contributed by atoms with Crippen LogP contribution in [-0.4, -0.2) is 67.4 Å². The molecule has 2 aliphatic rings. The van der Waals surface area contributed by atoms with Gasteiger partial charge in [-0.1, -0.05) is 48.5 Å². The minimum absolute atomic E-state index is 0.0384. The molecule has 0 bridgehead atoms. The number of carboxylic acid groups (broad SMARTS) is 1. The number of hydrogen-bond donors (Lipinski definition) is 2. The largest absolute Gasteiger partial charge is 0.481 e. The van der Waals surface area contributed by atoms with E-state index in [1.54, 1.807) is 6.92 Å². The van der Waals surface area contributed by atoms with Gasteiger partial charge in [0, 0.05) is 26.1 Å². The van der Waals surface area contributed by atoms with Crippen LogP contribution in [0.15, 0.2) is 48.5 Å². The molecular weight excluding hydrogens is 436 g/mol. The molecule has 2 aromatic rings. The number of aliphatic carboxylic acids is 1. The molecule has 34 heavy (non-hydrogen) atoms. The fourth-order valence-electron chi connectivity index (χ4n) is 4.95. The van der Waals surface area contributed by atoms with E-state index in [4.69, 9.17) is 9.47 Å². The van der Waals surface area contributed by atoms with Crippen molar-refractivity contribution in [1.82, 2.24) is 10.2 Å². The van der Waals surface area contributed by atoms with Crippen LogP contribution < -0.4 is 5.32 Å². The van der Waals surface area contributed by atoms with Crippen LogP contribution >= 0.6 is 0 Å². The fraction of sp³-hybridized carbons (Fsp3) is 0.423. The van der Waals surface area contributed by atoms with Crippen LogP contribution in [0.25, 0.3) is 11.1 Å². The van der Waals surface area contributed by atoms with Crippen LogP contribution in [0.3, 0.4) is 0 Å². The lowest BCUT2D eigenvalue weighted by atomic mass is 9.82. The van der Waals surface area contributed by atoms with Gasteiger partial charge in [-0.15, -0.1) is 0 Å². The number of likely N-dealkylation sites (tertiary alicyclic amines) is 1. The molecule has 1 aliphatic heterocycles. The zero-order valence-electron chi connectivity index (χ0n) is 19.5. The van der Waals surface area contributed by atoms with Gasteiger partial charge >= 0.3 is 12.1 Å². The van der Waals surface area contributed by atoms with E-state index in [0.717, 1.165) is 22.3 Å². The van der Waals surface area contributed by atoms with Crippen molar-refractivity contribution in [2.75, 3.05) is 33.4 Å². The monoisotopic (exact) mass is 466 g/mol. The molecule has 4 rings (SSSR count). The zero-order chi connectivity index (χ0) is 24.3. The highest BCUT2D eigenvalue weighted by Gasteiger charge is 2.41. The van der Waals surface area contributed by atoms with Crippen molar-refractivity contribution in [3.63, 3.8) is 0 Å². The first-order chi connectivity index (χ1) is 16.3. The first-order valence-electron chi connectivity index (χ1n) is 11.5. The Morgan fingerprint density at radius 2 is 1.74 bits per heavy atom. The normalized spacial score (nSPS) is 20.2. The van der Waals surface area contributed by atoms with Gasteiger partial charge in [-0.25, -0.2) is 4.79 Å². The second-order valence-electron chi connectivity index (χ2n) is 9.21. The van der Waals surface area contributed by atoms with Crippen LogP contribution in [-0.2, 0) is 19.1 Å². The number of benzene rings is 2. The average Bonchev–Trinajstić information content (AvgIpc) is 3.16. The maximum Gasteiger partial charge on any atom is 0.407 e. The van der Waals surface area contributed by atoms with E-state index in [1.165, 1.54) is 12.0 Å². The van der Waals surface area contributed by atoms with Crippen LogP contribution in [0.2, 0.25) is 0 Å². The Bertz CT molecular complexity index is 1040. The van der Waals surface area contributed by atoms with E-state index in [-0.39, 0.29) is 31.6 Å². The second kappa shape index (κ2) is 9.85. The average molecular weight is 467 g/mol. The molecule has 1 aliphatic carbocycles. The molecular formula is C26H30N2O6. The molecule has 1 saturated heterocycles. The van der Waals surface area contributed by atoms with Gasteiger partial charge in [0.25, 0.3) is 0 Å². The van der Waals surface area contributed by atoms with Crippen LogP contribution in [0.5, 0.6) is 0 Å². The highest BCUT2D eigenvalue weighted by Crippen LogP contribution is 2.44. The molecule has 2 N–H and O–H groups in total. The molecule has 2 aromatic carbocycles. The zero-order valence-corrected chi connectivity index (χ0v) is 19.5. The van der Waals surface area contributed by atoms with Crippen LogP contribution in [0.1, 0.15) is 36.8 Å². The number of fused-ring (bicyclic) bond motifs is 3. The third-order valence-electron chi connectivity index (χ3n) is 6.79. The van der Waals surface area contributed by atoms with E-state index >= 15 is 0 Å². The number of nitrogens with zero attached hydrogens (tertiary/aromatic N) is 1. The Hall–Kier alpha value is -3.39. The summed E-state index contributed by atoms with van der Waals surface area (Å²) in [7, 11) is 1.44. The molecule has 1 heterocycles. The third kappa shape index (κ3) is 4.63. The number of carbonyl (C=O) groups is 3. The van der Waals surface area contributed by atoms with Gasteiger partial charge in [-0.2, -0.15) is 0 Å². The maximum absolute atomic E-state index is 13.1. The van der Waals surface area contributed by atoms with E-state index in [0.29, 0.717) is 19.4 Å². The Kier molecular flexibility index (Phi) is 6.88. The summed E-state index contributed by atoms with van der Waals surface area (Å²) in [5, 5.41) is 12.2. The summed E-state index contributed by atoms with van der Waals surface area (Å²) in [6.45, 7) is 2.26. The summed E-state index contributed by atoms with van der Waals surface area (Å²) in [6.07, 6.45) is 0.371. The number of rotatable bonds is 7. The summed E-state index contributed by atoms with van der Waals surface area (Å²) < 4.78 is 10.7. The summed E-state index contributed by atoms with van der Waals surface area (Å²) in [6, 6.07) is 15.1. The van der Waals surface area contributed by atoms with E-state index in [2.05, 4.69) is 17.4 Å². The van der Waals surface area contributed by atoms with Gasteiger partial charge in [-0.3, -0.25) is 9.59 Å². The Morgan fingerprint density at radius 1 is 1.12 bits per heavy atom. The van der Waals surface area contributed by atoms with Crippen molar-refractivity contribution in [2.45, 2.75) is 31.7 Å². The van der Waals surface area contributed by atoms with Gasteiger partial charge in [0.2, 0.25) is 5.91 Å². The van der Waals surface area contributed by atoms with Crippen molar-refractivity contribution < 1.29 is 29.0 Å². The molecule has 2 atom stereocenters. The SMILES string of the molecule is COC[C@H](NC(=O)OCC1c2ccccc2-c2ccccc21)C(=O)N1CCCC(C)(C(=O)O)C1. The van der Waals surface area contributed by atoms with Crippen molar-refractivity contribution in [2.24, 2.45) is 5.41 Å². The van der Waals surface area contributed by atoms with E-state index in [9.17, 15) is 19.5 Å². The molecule has 0 spiro atoms. The molecule has 2 amide bonds.